The number of aliphatic imine (C=N–C) groups is 1. The molecule has 0 bridgehead atoms. The zero-order chi connectivity index (χ0) is 18.6. The smallest absolute Gasteiger partial charge is 0.246 e. The first-order chi connectivity index (χ1) is 13.2. The molecule has 0 spiro atoms. The Kier molecular flexibility index (Phi) is 7.30. The average Bonchev–Trinajstić information content (AvgIpc) is 3.43. The van der Waals surface area contributed by atoms with Gasteiger partial charge in [-0.1, -0.05) is 41.0 Å². The highest BCUT2D eigenvalue weighted by molar-refractivity contribution is 14.0. The summed E-state index contributed by atoms with van der Waals surface area (Å²) < 4.78 is 5.36. The van der Waals surface area contributed by atoms with E-state index in [1.54, 1.807) is 7.05 Å². The van der Waals surface area contributed by atoms with Crippen LogP contribution >= 0.6 is 35.6 Å². The molecule has 7 nitrogen and oxygen atoms in total. The Balaban J connectivity index is 0.00000225. The number of nitrogens with one attached hydrogen (secondary N) is 1. The minimum absolute atomic E-state index is 0. The summed E-state index contributed by atoms with van der Waals surface area (Å²) in [6.45, 7) is 4.53. The highest BCUT2D eigenvalue weighted by atomic mass is 127. The molecule has 0 radical (unpaired) electrons. The van der Waals surface area contributed by atoms with Gasteiger partial charge in [-0.15, -0.1) is 24.0 Å². The second-order valence-electron chi connectivity index (χ2n) is 6.74. The fraction of sp³-hybridized carbons (Fsp3) is 0.421. The van der Waals surface area contributed by atoms with Crippen LogP contribution in [0.2, 0.25) is 5.02 Å². The quantitative estimate of drug-likeness (QED) is 0.293. The summed E-state index contributed by atoms with van der Waals surface area (Å²) in [6, 6.07) is 7.99. The van der Waals surface area contributed by atoms with Crippen molar-refractivity contribution in [1.29, 1.82) is 0 Å². The van der Waals surface area contributed by atoms with Crippen molar-refractivity contribution in [1.82, 2.24) is 25.3 Å². The Morgan fingerprint density at radius 3 is 2.93 bits per heavy atom. The normalized spacial score (nSPS) is 19.9. The van der Waals surface area contributed by atoms with Gasteiger partial charge in [-0.3, -0.25) is 9.89 Å². The summed E-state index contributed by atoms with van der Waals surface area (Å²) >= 11 is 6.03. The van der Waals surface area contributed by atoms with Crippen molar-refractivity contribution in [2.75, 3.05) is 33.2 Å². The number of nitrogens with zero attached hydrogens (tertiary/aromatic N) is 5. The zero-order valence-corrected chi connectivity index (χ0v) is 18.8. The van der Waals surface area contributed by atoms with Crippen LogP contribution in [0.15, 0.2) is 45.9 Å². The molecule has 1 saturated heterocycles. The van der Waals surface area contributed by atoms with Gasteiger partial charge in [0.2, 0.25) is 11.7 Å². The van der Waals surface area contributed by atoms with Crippen LogP contribution in [0.4, 0.5) is 0 Å². The third kappa shape index (κ3) is 4.84. The van der Waals surface area contributed by atoms with Crippen LogP contribution in [0.25, 0.3) is 11.4 Å². The molecule has 0 saturated carbocycles. The molecule has 1 atom stereocenters. The second kappa shape index (κ2) is 9.71. The lowest BCUT2D eigenvalue weighted by Gasteiger charge is -2.25. The number of benzene rings is 1. The van der Waals surface area contributed by atoms with Crippen molar-refractivity contribution in [3.63, 3.8) is 0 Å². The topological polar surface area (TPSA) is 69.8 Å². The molecule has 1 N–H and O–H groups in total. The number of hydrogen-bond acceptors (Lipinski definition) is 5. The third-order valence-corrected chi connectivity index (χ3v) is 5.22. The average molecular weight is 515 g/mol. The molecule has 28 heavy (non-hydrogen) atoms. The lowest BCUT2D eigenvalue weighted by molar-refractivity contribution is 0.259. The van der Waals surface area contributed by atoms with Crippen LogP contribution in [-0.2, 0) is 6.54 Å². The van der Waals surface area contributed by atoms with E-state index >= 15 is 0 Å². The van der Waals surface area contributed by atoms with E-state index in [2.05, 4.69) is 42.4 Å². The predicted molar refractivity (Wildman–Crippen MR) is 121 cm³/mol. The number of guanidine groups is 1. The molecular weight excluding hydrogens is 491 g/mol. The molecule has 150 valence electrons. The second-order valence-corrected chi connectivity index (χ2v) is 7.17. The Bertz CT molecular complexity index is 846. The van der Waals surface area contributed by atoms with Gasteiger partial charge in [-0.05, 0) is 18.6 Å². The molecule has 1 unspecified atom stereocenters. The van der Waals surface area contributed by atoms with Gasteiger partial charge < -0.3 is 14.7 Å². The van der Waals surface area contributed by atoms with Crippen molar-refractivity contribution < 1.29 is 4.52 Å². The molecule has 2 aliphatic heterocycles. The predicted octanol–water partition coefficient (Wildman–Crippen LogP) is 3.03. The molecule has 0 amide bonds. The molecule has 1 aromatic carbocycles. The highest BCUT2D eigenvalue weighted by Gasteiger charge is 2.29. The van der Waals surface area contributed by atoms with Crippen molar-refractivity contribution in [3.05, 3.63) is 47.3 Å². The van der Waals surface area contributed by atoms with E-state index < -0.39 is 0 Å². The molecule has 3 heterocycles. The molecular formula is C19H24ClIN6O. The van der Waals surface area contributed by atoms with Crippen molar-refractivity contribution >= 4 is 41.5 Å². The largest absolute Gasteiger partial charge is 0.347 e. The molecule has 1 aromatic heterocycles. The monoisotopic (exact) mass is 514 g/mol. The van der Waals surface area contributed by atoms with Gasteiger partial charge in [0.15, 0.2) is 5.96 Å². The number of rotatable bonds is 4. The Morgan fingerprint density at radius 2 is 2.18 bits per heavy atom. The van der Waals surface area contributed by atoms with E-state index in [1.165, 1.54) is 0 Å². The van der Waals surface area contributed by atoms with Gasteiger partial charge in [-0.2, -0.15) is 4.98 Å². The van der Waals surface area contributed by atoms with E-state index in [0.717, 1.165) is 44.1 Å². The fourth-order valence-electron chi connectivity index (χ4n) is 3.58. The van der Waals surface area contributed by atoms with E-state index in [9.17, 15) is 0 Å². The number of aromatic nitrogens is 2. The molecule has 0 aliphatic carbocycles. The van der Waals surface area contributed by atoms with Crippen LogP contribution in [0, 0.1) is 0 Å². The molecule has 1 fully saturated rings. The molecule has 9 heteroatoms. The van der Waals surface area contributed by atoms with Crippen LogP contribution < -0.4 is 5.32 Å². The lowest BCUT2D eigenvalue weighted by atomic mass is 10.2. The van der Waals surface area contributed by atoms with Gasteiger partial charge in [0.25, 0.3) is 0 Å². The molecule has 4 rings (SSSR count). The maximum Gasteiger partial charge on any atom is 0.246 e. The van der Waals surface area contributed by atoms with Crippen LogP contribution in [0.5, 0.6) is 0 Å². The standard InChI is InChI=1S/C19H23ClN6O.HI/c1-21-19(26-10-7-16(13-26)25-8-2-3-9-25)22-12-17-23-18(24-27-17)14-5-4-6-15(20)11-14;/h2-6,11,16H,7-10,12-13H2,1H3,(H,21,22);1H. The molecule has 2 aromatic rings. The lowest BCUT2D eigenvalue weighted by Crippen LogP contribution is -2.42. The number of halogens is 2. The van der Waals surface area contributed by atoms with Crippen molar-refractivity contribution in [2.45, 2.75) is 19.0 Å². The van der Waals surface area contributed by atoms with Gasteiger partial charge in [0, 0.05) is 49.9 Å². The summed E-state index contributed by atoms with van der Waals surface area (Å²) in [5.41, 5.74) is 0.837. The number of likely N-dealkylation sites (tertiary alicyclic amines) is 1. The van der Waals surface area contributed by atoms with Gasteiger partial charge in [-0.25, -0.2) is 0 Å². The minimum atomic E-state index is 0. The van der Waals surface area contributed by atoms with E-state index in [0.29, 0.717) is 29.3 Å². The van der Waals surface area contributed by atoms with Gasteiger partial charge >= 0.3 is 0 Å². The Hall–Kier alpha value is -1.65. The van der Waals surface area contributed by atoms with E-state index in [1.807, 2.05) is 24.3 Å². The number of hydrogen-bond donors (Lipinski definition) is 1. The summed E-state index contributed by atoms with van der Waals surface area (Å²) in [5, 5.41) is 8.02. The van der Waals surface area contributed by atoms with E-state index in [4.69, 9.17) is 16.1 Å². The van der Waals surface area contributed by atoms with Crippen LogP contribution in [-0.4, -0.2) is 65.2 Å². The first kappa shape index (κ1) is 21.1. The maximum atomic E-state index is 6.03. The van der Waals surface area contributed by atoms with E-state index in [-0.39, 0.29) is 24.0 Å². The SMILES string of the molecule is CN=C(NCc1nc(-c2cccc(Cl)c2)no1)N1CCC(N2CC=CC2)C1.I. The van der Waals surface area contributed by atoms with Crippen LogP contribution in [0.1, 0.15) is 12.3 Å². The molecule has 2 aliphatic rings. The first-order valence-electron chi connectivity index (χ1n) is 9.16. The van der Waals surface area contributed by atoms with Crippen molar-refractivity contribution in [2.24, 2.45) is 4.99 Å². The first-order valence-corrected chi connectivity index (χ1v) is 9.54. The summed E-state index contributed by atoms with van der Waals surface area (Å²) in [5.74, 6) is 1.92. The summed E-state index contributed by atoms with van der Waals surface area (Å²) in [6.07, 6.45) is 5.63. The van der Waals surface area contributed by atoms with Gasteiger partial charge in [0.05, 0.1) is 6.54 Å². The van der Waals surface area contributed by atoms with Gasteiger partial charge in [0.1, 0.15) is 0 Å². The van der Waals surface area contributed by atoms with Crippen LogP contribution in [0.3, 0.4) is 0 Å². The Labute approximate surface area is 186 Å². The Morgan fingerprint density at radius 1 is 1.36 bits per heavy atom. The zero-order valence-electron chi connectivity index (χ0n) is 15.7. The fourth-order valence-corrected chi connectivity index (χ4v) is 3.77. The third-order valence-electron chi connectivity index (χ3n) is 4.99. The summed E-state index contributed by atoms with van der Waals surface area (Å²) in [4.78, 5) is 13.6. The van der Waals surface area contributed by atoms with Crippen molar-refractivity contribution in [3.8, 4) is 11.4 Å². The highest BCUT2D eigenvalue weighted by Crippen LogP contribution is 2.20. The maximum absolute atomic E-state index is 6.03. The minimum Gasteiger partial charge on any atom is -0.347 e. The summed E-state index contributed by atoms with van der Waals surface area (Å²) in [7, 11) is 1.80.